The molecular formula is C9H18N2. The molecular weight excluding hydrogens is 136 g/mol. The number of hydrogen-bond acceptors (Lipinski definition) is 2. The molecule has 0 spiro atoms. The molecule has 2 unspecified atom stereocenters. The van der Waals surface area contributed by atoms with Crippen molar-refractivity contribution in [2.45, 2.75) is 44.3 Å². The van der Waals surface area contributed by atoms with E-state index >= 15 is 0 Å². The summed E-state index contributed by atoms with van der Waals surface area (Å²) < 4.78 is 0. The van der Waals surface area contributed by atoms with Crippen LogP contribution in [0.3, 0.4) is 0 Å². The van der Waals surface area contributed by atoms with E-state index in [2.05, 4.69) is 24.2 Å². The molecule has 0 aromatic carbocycles. The van der Waals surface area contributed by atoms with Crippen LogP contribution in [0.2, 0.25) is 0 Å². The molecule has 2 heteroatoms. The maximum absolute atomic E-state index is 3.50. The average molecular weight is 154 g/mol. The summed E-state index contributed by atoms with van der Waals surface area (Å²) in [5.74, 6) is 0. The predicted molar refractivity (Wildman–Crippen MR) is 46.4 cm³/mol. The van der Waals surface area contributed by atoms with E-state index in [0.717, 1.165) is 6.04 Å². The lowest BCUT2D eigenvalue weighted by atomic mass is 10.0. The van der Waals surface area contributed by atoms with Crippen LogP contribution in [0, 0.1) is 0 Å². The molecule has 0 aliphatic carbocycles. The molecule has 2 heterocycles. The van der Waals surface area contributed by atoms with E-state index in [9.17, 15) is 0 Å². The predicted octanol–water partition coefficient (Wildman–Crippen LogP) is 1.18. The third-order valence-corrected chi connectivity index (χ3v) is 3.51. The van der Waals surface area contributed by atoms with Gasteiger partial charge in [-0.05, 0) is 39.7 Å². The van der Waals surface area contributed by atoms with Crippen LogP contribution in [-0.2, 0) is 0 Å². The van der Waals surface area contributed by atoms with Gasteiger partial charge in [-0.3, -0.25) is 4.90 Å². The van der Waals surface area contributed by atoms with Gasteiger partial charge in [-0.15, -0.1) is 0 Å². The van der Waals surface area contributed by atoms with Gasteiger partial charge in [0.2, 0.25) is 0 Å². The van der Waals surface area contributed by atoms with Crippen LogP contribution in [0.5, 0.6) is 0 Å². The van der Waals surface area contributed by atoms with Gasteiger partial charge in [-0.2, -0.15) is 0 Å². The first-order valence-electron chi connectivity index (χ1n) is 4.74. The van der Waals surface area contributed by atoms with Crippen molar-refractivity contribution >= 4 is 0 Å². The lowest BCUT2D eigenvalue weighted by Gasteiger charge is -2.33. The summed E-state index contributed by atoms with van der Waals surface area (Å²) in [7, 11) is 2.11. The van der Waals surface area contributed by atoms with Crippen LogP contribution >= 0.6 is 0 Å². The molecule has 2 atom stereocenters. The lowest BCUT2D eigenvalue weighted by Crippen LogP contribution is -2.50. The van der Waals surface area contributed by atoms with Gasteiger partial charge < -0.3 is 5.32 Å². The summed E-state index contributed by atoms with van der Waals surface area (Å²) in [5.41, 5.74) is 0.402. The normalized spacial score (nSPS) is 44.7. The Hall–Kier alpha value is -0.0800. The molecule has 2 rings (SSSR count). The number of rotatable bonds is 1. The zero-order valence-electron chi connectivity index (χ0n) is 7.56. The molecule has 0 amide bonds. The summed E-state index contributed by atoms with van der Waals surface area (Å²) in [6.45, 7) is 3.66. The summed E-state index contributed by atoms with van der Waals surface area (Å²) >= 11 is 0. The Morgan fingerprint density at radius 2 is 2.27 bits per heavy atom. The Balaban J connectivity index is 2.18. The van der Waals surface area contributed by atoms with Gasteiger partial charge in [0.25, 0.3) is 0 Å². The van der Waals surface area contributed by atoms with Crippen LogP contribution in [0.1, 0.15) is 32.6 Å². The number of fused-ring (bicyclic) bond motifs is 1. The summed E-state index contributed by atoms with van der Waals surface area (Å²) in [6, 6.07) is 0.810. The van der Waals surface area contributed by atoms with Gasteiger partial charge in [0.1, 0.15) is 0 Å². The van der Waals surface area contributed by atoms with Crippen molar-refractivity contribution in [1.82, 2.24) is 10.2 Å². The number of hydrogen-bond donors (Lipinski definition) is 1. The molecule has 11 heavy (non-hydrogen) atoms. The molecule has 0 radical (unpaired) electrons. The second kappa shape index (κ2) is 2.46. The zero-order valence-corrected chi connectivity index (χ0v) is 7.56. The number of nitrogens with one attached hydrogen (secondary N) is 1. The third kappa shape index (κ3) is 0.926. The molecule has 2 saturated heterocycles. The van der Waals surface area contributed by atoms with Gasteiger partial charge in [0, 0.05) is 12.6 Å². The fraction of sp³-hybridized carbons (Fsp3) is 1.00. The van der Waals surface area contributed by atoms with Crippen molar-refractivity contribution in [1.29, 1.82) is 0 Å². The molecule has 2 fully saturated rings. The molecule has 0 aromatic rings. The van der Waals surface area contributed by atoms with Crippen LogP contribution in [0.15, 0.2) is 0 Å². The Bertz CT molecular complexity index is 158. The summed E-state index contributed by atoms with van der Waals surface area (Å²) in [4.78, 5) is 2.65. The van der Waals surface area contributed by atoms with E-state index < -0.39 is 0 Å². The Kier molecular flexibility index (Phi) is 1.69. The second-order valence-corrected chi connectivity index (χ2v) is 3.97. The van der Waals surface area contributed by atoms with Gasteiger partial charge >= 0.3 is 0 Å². The van der Waals surface area contributed by atoms with Gasteiger partial charge in [0.05, 0.1) is 5.66 Å². The SMILES string of the molecule is CNC12CCCN1C(C)CC2. The monoisotopic (exact) mass is 154 g/mol. The zero-order chi connectivity index (χ0) is 7.90. The van der Waals surface area contributed by atoms with Crippen molar-refractivity contribution in [2.24, 2.45) is 0 Å². The van der Waals surface area contributed by atoms with E-state index in [1.807, 2.05) is 0 Å². The largest absolute Gasteiger partial charge is 0.302 e. The van der Waals surface area contributed by atoms with Crippen molar-refractivity contribution in [2.75, 3.05) is 13.6 Å². The minimum Gasteiger partial charge on any atom is -0.302 e. The molecule has 0 aromatic heterocycles. The highest BCUT2D eigenvalue weighted by atomic mass is 15.4. The average Bonchev–Trinajstić information content (AvgIpc) is 2.53. The summed E-state index contributed by atoms with van der Waals surface area (Å²) in [6.07, 6.45) is 5.46. The van der Waals surface area contributed by atoms with E-state index in [4.69, 9.17) is 0 Å². The van der Waals surface area contributed by atoms with E-state index in [-0.39, 0.29) is 0 Å². The first kappa shape index (κ1) is 7.56. The standard InChI is InChI=1S/C9H18N2/c1-8-4-6-9(10-2)5-3-7-11(8)9/h8,10H,3-7H2,1-2H3. The molecule has 0 saturated carbocycles. The molecule has 64 valence electrons. The van der Waals surface area contributed by atoms with Crippen molar-refractivity contribution in [3.05, 3.63) is 0 Å². The third-order valence-electron chi connectivity index (χ3n) is 3.51. The lowest BCUT2D eigenvalue weighted by molar-refractivity contribution is 0.130. The fourth-order valence-corrected chi connectivity index (χ4v) is 2.81. The minimum absolute atomic E-state index is 0.402. The maximum atomic E-state index is 3.50. The van der Waals surface area contributed by atoms with E-state index in [1.165, 1.54) is 32.2 Å². The van der Waals surface area contributed by atoms with Crippen LogP contribution in [0.25, 0.3) is 0 Å². The van der Waals surface area contributed by atoms with Gasteiger partial charge in [0.15, 0.2) is 0 Å². The Morgan fingerprint density at radius 3 is 2.91 bits per heavy atom. The molecule has 2 aliphatic rings. The van der Waals surface area contributed by atoms with Gasteiger partial charge in [-0.1, -0.05) is 0 Å². The molecule has 1 N–H and O–H groups in total. The number of nitrogens with zero attached hydrogens (tertiary/aromatic N) is 1. The quantitative estimate of drug-likeness (QED) is 0.610. The first-order valence-corrected chi connectivity index (χ1v) is 4.74. The highest BCUT2D eigenvalue weighted by Gasteiger charge is 2.46. The fourth-order valence-electron chi connectivity index (χ4n) is 2.81. The minimum atomic E-state index is 0.402. The molecule has 2 aliphatic heterocycles. The summed E-state index contributed by atoms with van der Waals surface area (Å²) in [5, 5.41) is 3.50. The van der Waals surface area contributed by atoms with Crippen molar-refractivity contribution in [3.8, 4) is 0 Å². The van der Waals surface area contributed by atoms with Crippen LogP contribution in [0.4, 0.5) is 0 Å². The first-order chi connectivity index (χ1) is 5.28. The molecule has 0 bridgehead atoms. The van der Waals surface area contributed by atoms with Crippen molar-refractivity contribution < 1.29 is 0 Å². The van der Waals surface area contributed by atoms with Crippen molar-refractivity contribution in [3.63, 3.8) is 0 Å². The molecule has 2 nitrogen and oxygen atoms in total. The maximum Gasteiger partial charge on any atom is 0.0713 e. The Morgan fingerprint density at radius 1 is 1.45 bits per heavy atom. The second-order valence-electron chi connectivity index (χ2n) is 3.97. The van der Waals surface area contributed by atoms with E-state index in [0.29, 0.717) is 5.66 Å². The van der Waals surface area contributed by atoms with Crippen LogP contribution in [-0.4, -0.2) is 30.2 Å². The smallest absolute Gasteiger partial charge is 0.0713 e. The highest BCUT2D eigenvalue weighted by Crippen LogP contribution is 2.39. The Labute approximate surface area is 69.0 Å². The van der Waals surface area contributed by atoms with E-state index in [1.54, 1.807) is 0 Å². The topological polar surface area (TPSA) is 15.3 Å². The van der Waals surface area contributed by atoms with Gasteiger partial charge in [-0.25, -0.2) is 0 Å². The van der Waals surface area contributed by atoms with Crippen LogP contribution < -0.4 is 5.32 Å². The highest BCUT2D eigenvalue weighted by molar-refractivity contribution is 5.00.